The van der Waals surface area contributed by atoms with E-state index in [1.807, 2.05) is 32.9 Å². The predicted octanol–water partition coefficient (Wildman–Crippen LogP) is 2.29. The minimum Gasteiger partial charge on any atom is -0.394 e. The van der Waals surface area contributed by atoms with Crippen molar-refractivity contribution in [1.82, 2.24) is 9.88 Å². The number of amides is 2. The predicted molar refractivity (Wildman–Crippen MR) is 150 cm³/mol. The average molecular weight is 534 g/mol. The third kappa shape index (κ3) is 6.76. The lowest BCUT2D eigenvalue weighted by Crippen LogP contribution is -2.36. The van der Waals surface area contributed by atoms with Crippen LogP contribution in [0.1, 0.15) is 39.3 Å². The van der Waals surface area contributed by atoms with E-state index in [9.17, 15) is 24.8 Å². The van der Waals surface area contributed by atoms with Crippen LogP contribution in [0.25, 0.3) is 11.8 Å². The Bertz CT molecular complexity index is 1530. The second kappa shape index (κ2) is 12.4. The first kappa shape index (κ1) is 28.4. The van der Waals surface area contributed by atoms with Gasteiger partial charge in [-0.1, -0.05) is 57.2 Å². The molecule has 0 saturated carbocycles. The van der Waals surface area contributed by atoms with E-state index in [0.29, 0.717) is 21.5 Å². The van der Waals surface area contributed by atoms with Crippen LogP contribution in [-0.2, 0) is 16.1 Å². The molecule has 1 atom stereocenters. The maximum Gasteiger partial charge on any atom is 0.270 e. The Balaban J connectivity index is 1.94. The van der Waals surface area contributed by atoms with Crippen molar-refractivity contribution >= 4 is 46.3 Å². The molecule has 0 unspecified atom stereocenters. The van der Waals surface area contributed by atoms with Crippen molar-refractivity contribution in [1.29, 1.82) is 5.26 Å². The number of hydrogen-bond donors (Lipinski definition) is 4. The van der Waals surface area contributed by atoms with Crippen LogP contribution < -0.4 is 30.7 Å². The zero-order chi connectivity index (χ0) is 27.9. The van der Waals surface area contributed by atoms with Gasteiger partial charge in [-0.15, -0.1) is 11.3 Å². The van der Waals surface area contributed by atoms with Gasteiger partial charge in [0.05, 0.1) is 12.6 Å². The van der Waals surface area contributed by atoms with Gasteiger partial charge in [-0.05, 0) is 30.7 Å². The van der Waals surface area contributed by atoms with Gasteiger partial charge in [0.2, 0.25) is 5.91 Å². The maximum absolute atomic E-state index is 13.1. The van der Waals surface area contributed by atoms with Gasteiger partial charge in [0.25, 0.3) is 11.5 Å². The molecular weight excluding hydrogens is 502 g/mol. The molecule has 10 heteroatoms. The van der Waals surface area contributed by atoms with Gasteiger partial charge in [-0.3, -0.25) is 19.0 Å². The number of aromatic nitrogens is 1. The highest BCUT2D eigenvalue weighted by Crippen LogP contribution is 2.20. The van der Waals surface area contributed by atoms with Crippen LogP contribution in [0.15, 0.2) is 59.4 Å². The summed E-state index contributed by atoms with van der Waals surface area (Å²) < 4.78 is 1.89. The van der Waals surface area contributed by atoms with Gasteiger partial charge in [-0.25, -0.2) is 0 Å². The average Bonchev–Trinajstić information content (AvgIpc) is 3.21. The fourth-order valence-corrected chi connectivity index (χ4v) is 4.58. The molecule has 0 radical (unpaired) electrons. The summed E-state index contributed by atoms with van der Waals surface area (Å²) in [7, 11) is 0. The lowest BCUT2D eigenvalue weighted by molar-refractivity contribution is -0.123. The second-order valence-electron chi connectivity index (χ2n) is 9.50. The van der Waals surface area contributed by atoms with Crippen molar-refractivity contribution in [2.24, 2.45) is 5.41 Å². The van der Waals surface area contributed by atoms with Crippen LogP contribution >= 0.6 is 11.3 Å². The third-order valence-electron chi connectivity index (χ3n) is 5.64. The van der Waals surface area contributed by atoms with Crippen molar-refractivity contribution in [3.8, 4) is 6.07 Å². The largest absolute Gasteiger partial charge is 0.394 e. The number of benzene rings is 2. The van der Waals surface area contributed by atoms with Gasteiger partial charge >= 0.3 is 0 Å². The first-order valence-corrected chi connectivity index (χ1v) is 12.9. The number of nitriles is 1. The smallest absolute Gasteiger partial charge is 0.270 e. The molecule has 0 fully saturated rings. The molecule has 198 valence electrons. The molecule has 1 aromatic heterocycles. The zero-order valence-electron chi connectivity index (χ0n) is 21.7. The summed E-state index contributed by atoms with van der Waals surface area (Å²) in [6.45, 7) is 7.13. The van der Waals surface area contributed by atoms with Crippen molar-refractivity contribution < 1.29 is 14.7 Å². The van der Waals surface area contributed by atoms with Crippen LogP contribution in [0.5, 0.6) is 0 Å². The summed E-state index contributed by atoms with van der Waals surface area (Å²) in [5.74, 6) is -0.804. The Labute approximate surface area is 224 Å². The number of nitrogens with one attached hydrogen (secondary N) is 3. The molecule has 2 aromatic carbocycles. The molecule has 0 aliphatic rings. The molecule has 38 heavy (non-hydrogen) atoms. The minimum absolute atomic E-state index is 0.124. The number of hydrogen-bond acceptors (Lipinski definition) is 7. The van der Waals surface area contributed by atoms with Crippen LogP contribution in [0.2, 0.25) is 0 Å². The SMILES string of the molecule is CCn1c(=C(C#N)C(=O)N[C@@H](CO)c2ccccc2)sc(=CNc2cccc(NC(=O)C(C)(C)C)c2)c1=O. The Kier molecular flexibility index (Phi) is 9.23. The van der Waals surface area contributed by atoms with E-state index < -0.39 is 17.4 Å². The molecule has 1 heterocycles. The highest BCUT2D eigenvalue weighted by atomic mass is 32.1. The van der Waals surface area contributed by atoms with E-state index in [1.54, 1.807) is 55.5 Å². The lowest BCUT2D eigenvalue weighted by atomic mass is 9.95. The zero-order valence-corrected chi connectivity index (χ0v) is 22.6. The molecule has 4 N–H and O–H groups in total. The van der Waals surface area contributed by atoms with Crippen LogP contribution in [0.3, 0.4) is 0 Å². The normalized spacial score (nSPS) is 13.3. The number of aliphatic hydroxyl groups excluding tert-OH is 1. The lowest BCUT2D eigenvalue weighted by Gasteiger charge is -2.18. The summed E-state index contributed by atoms with van der Waals surface area (Å²) in [5, 5.41) is 28.2. The number of carbonyl (C=O) groups is 2. The van der Waals surface area contributed by atoms with Crippen molar-refractivity contribution in [2.75, 3.05) is 17.2 Å². The number of aliphatic hydroxyl groups is 1. The molecule has 0 bridgehead atoms. The van der Waals surface area contributed by atoms with Crippen molar-refractivity contribution in [2.45, 2.75) is 40.3 Å². The maximum atomic E-state index is 13.1. The van der Waals surface area contributed by atoms with E-state index in [0.717, 1.165) is 11.3 Å². The number of nitrogens with zero attached hydrogens (tertiary/aromatic N) is 2. The Morgan fingerprint density at radius 3 is 2.42 bits per heavy atom. The summed E-state index contributed by atoms with van der Waals surface area (Å²) >= 11 is 1.02. The highest BCUT2D eigenvalue weighted by molar-refractivity contribution is 7.07. The Morgan fingerprint density at radius 2 is 1.82 bits per heavy atom. The molecule has 0 aliphatic carbocycles. The molecule has 9 nitrogen and oxygen atoms in total. The summed E-state index contributed by atoms with van der Waals surface area (Å²) in [6.07, 6.45) is 1.51. The fraction of sp³-hybridized carbons (Fsp3) is 0.286. The van der Waals surface area contributed by atoms with Gasteiger partial charge in [-0.2, -0.15) is 5.26 Å². The van der Waals surface area contributed by atoms with Crippen molar-refractivity contribution in [3.63, 3.8) is 0 Å². The first-order chi connectivity index (χ1) is 18.1. The number of anilines is 2. The standard InChI is InChI=1S/C28H31N5O4S/c1-5-33-25(36)23(16-30-19-12-9-13-20(14-19)31-27(37)28(2,3)4)38-26(33)21(15-29)24(35)32-22(17-34)18-10-7-6-8-11-18/h6-14,16,22,30,34H,5,17H2,1-4H3,(H,31,37)(H,32,35)/t22-/m0/s1. The number of carbonyl (C=O) groups excluding carboxylic acids is 2. The summed E-state index contributed by atoms with van der Waals surface area (Å²) in [6, 6.07) is 17.2. The van der Waals surface area contributed by atoms with Crippen LogP contribution in [0, 0.1) is 16.7 Å². The summed E-state index contributed by atoms with van der Waals surface area (Å²) in [5.41, 5.74) is 0.834. The number of rotatable bonds is 8. The fourth-order valence-electron chi connectivity index (χ4n) is 3.49. The molecule has 0 spiro atoms. The topological polar surface area (TPSA) is 136 Å². The van der Waals surface area contributed by atoms with Crippen LogP contribution in [0.4, 0.5) is 11.4 Å². The van der Waals surface area contributed by atoms with E-state index in [-0.39, 0.29) is 34.9 Å². The molecule has 2 amide bonds. The monoisotopic (exact) mass is 533 g/mol. The molecule has 3 rings (SSSR count). The molecule has 0 aliphatic heterocycles. The van der Waals surface area contributed by atoms with E-state index >= 15 is 0 Å². The molecule has 0 saturated heterocycles. The van der Waals surface area contributed by atoms with E-state index in [4.69, 9.17) is 0 Å². The van der Waals surface area contributed by atoms with E-state index in [1.165, 1.54) is 10.8 Å². The van der Waals surface area contributed by atoms with Gasteiger partial charge in [0, 0.05) is 29.5 Å². The minimum atomic E-state index is -0.701. The summed E-state index contributed by atoms with van der Waals surface area (Å²) in [4.78, 5) is 38.4. The van der Waals surface area contributed by atoms with Gasteiger partial charge in [0.1, 0.15) is 15.3 Å². The second-order valence-corrected chi connectivity index (χ2v) is 10.5. The Hall–Kier alpha value is -4.20. The third-order valence-corrected chi connectivity index (χ3v) is 6.77. The van der Waals surface area contributed by atoms with Gasteiger partial charge in [0.15, 0.2) is 5.57 Å². The van der Waals surface area contributed by atoms with Gasteiger partial charge < -0.3 is 21.1 Å². The Morgan fingerprint density at radius 1 is 1.13 bits per heavy atom. The first-order valence-electron chi connectivity index (χ1n) is 12.1. The number of thiazole rings is 1. The molecular formula is C28H31N5O4S. The van der Waals surface area contributed by atoms with E-state index in [2.05, 4.69) is 16.0 Å². The highest BCUT2D eigenvalue weighted by Gasteiger charge is 2.21. The van der Waals surface area contributed by atoms with Crippen LogP contribution in [-0.4, -0.2) is 28.1 Å². The molecule has 3 aromatic rings. The van der Waals surface area contributed by atoms with Crippen molar-refractivity contribution in [3.05, 3.63) is 79.7 Å². The quantitative estimate of drug-likeness (QED) is 0.351.